The van der Waals surface area contributed by atoms with Crippen LogP contribution in [0.1, 0.15) is 12.1 Å². The summed E-state index contributed by atoms with van der Waals surface area (Å²) in [5.41, 5.74) is 0.912. The molecule has 1 aromatic rings. The van der Waals surface area contributed by atoms with Crippen LogP contribution in [0.5, 0.6) is 0 Å². The van der Waals surface area contributed by atoms with Gasteiger partial charge in [0.25, 0.3) is 0 Å². The van der Waals surface area contributed by atoms with Gasteiger partial charge in [-0.2, -0.15) is 5.10 Å². The van der Waals surface area contributed by atoms with Crippen LogP contribution in [-0.2, 0) is 9.53 Å². The number of hydrogen-bond donors (Lipinski definition) is 0. The maximum Gasteiger partial charge on any atom is 0.305 e. The van der Waals surface area contributed by atoms with E-state index in [0.717, 1.165) is 24.6 Å². The first-order valence-electron chi connectivity index (χ1n) is 5.31. The van der Waals surface area contributed by atoms with Crippen LogP contribution >= 0.6 is 0 Å². The predicted octanol–water partition coefficient (Wildman–Crippen LogP) is 0.784. The molecule has 16 heavy (non-hydrogen) atoms. The average Bonchev–Trinajstić information content (AvgIpc) is 2.24. The normalized spacial score (nSPS) is 15.8. The zero-order chi connectivity index (χ0) is 11.5. The molecule has 0 N–H and O–H groups in total. The maximum absolute atomic E-state index is 11.0. The minimum Gasteiger partial charge on any atom is -0.469 e. The van der Waals surface area contributed by atoms with Gasteiger partial charge in [0, 0.05) is 19.0 Å². The van der Waals surface area contributed by atoms with Gasteiger partial charge in [-0.05, 0) is 19.1 Å². The van der Waals surface area contributed by atoms with Crippen molar-refractivity contribution in [2.75, 3.05) is 25.1 Å². The lowest BCUT2D eigenvalue weighted by Gasteiger charge is -2.39. The van der Waals surface area contributed by atoms with E-state index in [2.05, 4.69) is 19.8 Å². The van der Waals surface area contributed by atoms with E-state index in [0.29, 0.717) is 12.3 Å². The Morgan fingerprint density at radius 1 is 1.50 bits per heavy atom. The zero-order valence-corrected chi connectivity index (χ0v) is 9.51. The third kappa shape index (κ3) is 2.29. The molecule has 1 aromatic heterocycles. The first kappa shape index (κ1) is 10.9. The molecule has 1 fully saturated rings. The number of nitrogens with zero attached hydrogens (tertiary/aromatic N) is 3. The summed E-state index contributed by atoms with van der Waals surface area (Å²) < 4.78 is 4.63. The zero-order valence-electron chi connectivity index (χ0n) is 9.51. The highest BCUT2D eigenvalue weighted by Gasteiger charge is 2.29. The molecule has 0 aromatic carbocycles. The molecule has 5 nitrogen and oxygen atoms in total. The van der Waals surface area contributed by atoms with Crippen LogP contribution in [0.2, 0.25) is 0 Å². The van der Waals surface area contributed by atoms with Crippen LogP contribution in [0.25, 0.3) is 0 Å². The molecule has 0 atom stereocenters. The standard InChI is InChI=1S/C11H15N3O2/c1-8-3-4-10(13-12-8)14-6-9(7-14)5-11(15)16-2/h3-4,9H,5-7H2,1-2H3. The molecule has 0 bridgehead atoms. The fourth-order valence-corrected chi connectivity index (χ4v) is 1.77. The molecule has 0 radical (unpaired) electrons. The van der Waals surface area contributed by atoms with Gasteiger partial charge in [-0.25, -0.2) is 0 Å². The summed E-state index contributed by atoms with van der Waals surface area (Å²) in [4.78, 5) is 13.1. The van der Waals surface area contributed by atoms with Gasteiger partial charge in [0.2, 0.25) is 0 Å². The lowest BCUT2D eigenvalue weighted by Crippen LogP contribution is -2.48. The van der Waals surface area contributed by atoms with Gasteiger partial charge in [0.1, 0.15) is 0 Å². The van der Waals surface area contributed by atoms with E-state index in [9.17, 15) is 4.79 Å². The molecule has 2 heterocycles. The number of anilines is 1. The number of esters is 1. The summed E-state index contributed by atoms with van der Waals surface area (Å²) >= 11 is 0. The topological polar surface area (TPSA) is 55.3 Å². The quantitative estimate of drug-likeness (QED) is 0.706. The highest BCUT2D eigenvalue weighted by atomic mass is 16.5. The third-order valence-corrected chi connectivity index (χ3v) is 2.75. The SMILES string of the molecule is COC(=O)CC1CN(c2ccc(C)nn2)C1. The summed E-state index contributed by atoms with van der Waals surface area (Å²) in [6.07, 6.45) is 0.492. The van der Waals surface area contributed by atoms with Crippen molar-refractivity contribution in [3.05, 3.63) is 17.8 Å². The van der Waals surface area contributed by atoms with E-state index in [1.54, 1.807) is 0 Å². The second kappa shape index (κ2) is 4.47. The molecule has 1 aliphatic heterocycles. The Balaban J connectivity index is 1.84. The van der Waals surface area contributed by atoms with Crippen LogP contribution in [0.3, 0.4) is 0 Å². The molecule has 0 aliphatic carbocycles. The van der Waals surface area contributed by atoms with Gasteiger partial charge in [0.15, 0.2) is 5.82 Å². The van der Waals surface area contributed by atoms with Gasteiger partial charge < -0.3 is 9.64 Å². The minimum atomic E-state index is -0.139. The second-order valence-electron chi connectivity index (χ2n) is 4.08. The molecular weight excluding hydrogens is 206 g/mol. The Labute approximate surface area is 94.4 Å². The van der Waals surface area contributed by atoms with Gasteiger partial charge in [-0.3, -0.25) is 4.79 Å². The van der Waals surface area contributed by atoms with E-state index in [1.807, 2.05) is 19.1 Å². The van der Waals surface area contributed by atoms with Crippen LogP contribution in [0, 0.1) is 12.8 Å². The Bertz CT molecular complexity index is 371. The predicted molar refractivity (Wildman–Crippen MR) is 59.1 cm³/mol. The minimum absolute atomic E-state index is 0.139. The first-order chi connectivity index (χ1) is 7.69. The molecule has 5 heteroatoms. The Kier molecular flexibility index (Phi) is 3.03. The number of rotatable bonds is 3. The van der Waals surface area contributed by atoms with Crippen molar-refractivity contribution in [1.29, 1.82) is 0 Å². The van der Waals surface area contributed by atoms with E-state index in [4.69, 9.17) is 0 Å². The van der Waals surface area contributed by atoms with Gasteiger partial charge >= 0.3 is 5.97 Å². The van der Waals surface area contributed by atoms with Crippen LogP contribution < -0.4 is 4.90 Å². The molecular formula is C11H15N3O2. The summed E-state index contributed by atoms with van der Waals surface area (Å²) in [7, 11) is 1.42. The van der Waals surface area contributed by atoms with Gasteiger partial charge in [-0.1, -0.05) is 0 Å². The van der Waals surface area contributed by atoms with Crippen LogP contribution in [-0.4, -0.2) is 36.4 Å². The number of aromatic nitrogens is 2. The van der Waals surface area contributed by atoms with Crippen molar-refractivity contribution in [2.24, 2.45) is 5.92 Å². The summed E-state index contributed by atoms with van der Waals surface area (Å²) in [5.74, 6) is 1.13. The number of carbonyl (C=O) groups excluding carboxylic acids is 1. The van der Waals surface area contributed by atoms with E-state index < -0.39 is 0 Å². The fourth-order valence-electron chi connectivity index (χ4n) is 1.77. The van der Waals surface area contributed by atoms with Gasteiger partial charge in [0.05, 0.1) is 19.2 Å². The highest BCUT2D eigenvalue weighted by Crippen LogP contribution is 2.24. The molecule has 1 saturated heterocycles. The van der Waals surface area contributed by atoms with E-state index in [1.165, 1.54) is 7.11 Å². The van der Waals surface area contributed by atoms with Crippen molar-refractivity contribution in [3.8, 4) is 0 Å². The molecule has 0 saturated carbocycles. The number of hydrogen-bond acceptors (Lipinski definition) is 5. The summed E-state index contributed by atoms with van der Waals surface area (Å²) in [6, 6.07) is 3.90. The van der Waals surface area contributed by atoms with Crippen molar-refractivity contribution >= 4 is 11.8 Å². The van der Waals surface area contributed by atoms with Gasteiger partial charge in [-0.15, -0.1) is 5.10 Å². The summed E-state index contributed by atoms with van der Waals surface area (Å²) in [6.45, 7) is 3.62. The Morgan fingerprint density at radius 3 is 2.81 bits per heavy atom. The second-order valence-corrected chi connectivity index (χ2v) is 4.08. The van der Waals surface area contributed by atoms with Crippen molar-refractivity contribution in [3.63, 3.8) is 0 Å². The monoisotopic (exact) mass is 221 g/mol. The van der Waals surface area contributed by atoms with E-state index >= 15 is 0 Å². The number of methoxy groups -OCH3 is 1. The molecule has 86 valence electrons. The third-order valence-electron chi connectivity index (χ3n) is 2.75. The molecule has 2 rings (SSSR count). The number of ether oxygens (including phenoxy) is 1. The van der Waals surface area contributed by atoms with Crippen LogP contribution in [0.15, 0.2) is 12.1 Å². The molecule has 0 spiro atoms. The Morgan fingerprint density at radius 2 is 2.25 bits per heavy atom. The largest absolute Gasteiger partial charge is 0.469 e. The first-order valence-corrected chi connectivity index (χ1v) is 5.31. The molecule has 1 aliphatic rings. The lowest BCUT2D eigenvalue weighted by molar-refractivity contribution is -0.141. The smallest absolute Gasteiger partial charge is 0.305 e. The number of carbonyl (C=O) groups is 1. The van der Waals surface area contributed by atoms with Crippen molar-refractivity contribution < 1.29 is 9.53 Å². The summed E-state index contributed by atoms with van der Waals surface area (Å²) in [5, 5.41) is 8.09. The van der Waals surface area contributed by atoms with Crippen molar-refractivity contribution in [1.82, 2.24) is 10.2 Å². The van der Waals surface area contributed by atoms with E-state index in [-0.39, 0.29) is 5.97 Å². The average molecular weight is 221 g/mol. The van der Waals surface area contributed by atoms with Crippen molar-refractivity contribution in [2.45, 2.75) is 13.3 Å². The molecule has 0 unspecified atom stereocenters. The lowest BCUT2D eigenvalue weighted by atomic mass is 9.96. The number of aryl methyl sites for hydroxylation is 1. The maximum atomic E-state index is 11.0. The Hall–Kier alpha value is -1.65. The van der Waals surface area contributed by atoms with Crippen LogP contribution in [0.4, 0.5) is 5.82 Å². The fraction of sp³-hybridized carbons (Fsp3) is 0.545. The molecule has 0 amide bonds. The highest BCUT2D eigenvalue weighted by molar-refractivity contribution is 5.70.